The number of benzene rings is 1. The summed E-state index contributed by atoms with van der Waals surface area (Å²) in [5.74, 6) is 0.797. The van der Waals surface area contributed by atoms with E-state index in [2.05, 4.69) is 11.9 Å². The second-order valence-electron chi connectivity index (χ2n) is 3.86. The van der Waals surface area contributed by atoms with E-state index >= 15 is 0 Å². The standard InChI is InChI=1S/C13H15NO2S2/c1-3-4-7-17-13-14-10-6-5-9(12(15)16-2)8-11(10)18-13/h5-6,8H,3-4,7H2,1-2H3. The van der Waals surface area contributed by atoms with Gasteiger partial charge in [0, 0.05) is 5.75 Å². The Labute approximate surface area is 115 Å². The molecule has 1 aromatic carbocycles. The minimum Gasteiger partial charge on any atom is -0.465 e. The Balaban J connectivity index is 2.20. The highest BCUT2D eigenvalue weighted by atomic mass is 32.2. The molecule has 0 aliphatic carbocycles. The van der Waals surface area contributed by atoms with Crippen molar-refractivity contribution in [3.63, 3.8) is 0 Å². The SMILES string of the molecule is CCCCSc1nc2ccc(C(=O)OC)cc2s1. The number of nitrogens with zero attached hydrogens (tertiary/aromatic N) is 1. The first-order chi connectivity index (χ1) is 8.74. The monoisotopic (exact) mass is 281 g/mol. The lowest BCUT2D eigenvalue weighted by Crippen LogP contribution is -1.99. The normalized spacial score (nSPS) is 10.8. The number of ether oxygens (including phenoxy) is 1. The highest BCUT2D eigenvalue weighted by Gasteiger charge is 2.09. The second kappa shape index (κ2) is 6.20. The average molecular weight is 281 g/mol. The summed E-state index contributed by atoms with van der Waals surface area (Å²) in [5, 5.41) is 0. The number of hydrogen-bond acceptors (Lipinski definition) is 5. The fourth-order valence-electron chi connectivity index (χ4n) is 1.51. The van der Waals surface area contributed by atoms with Crippen molar-refractivity contribution in [2.45, 2.75) is 24.1 Å². The number of aromatic nitrogens is 1. The average Bonchev–Trinajstić information content (AvgIpc) is 2.79. The van der Waals surface area contributed by atoms with Gasteiger partial charge in [-0.3, -0.25) is 0 Å². The van der Waals surface area contributed by atoms with Gasteiger partial charge in [0.05, 0.1) is 22.9 Å². The fourth-order valence-corrected chi connectivity index (χ4v) is 3.78. The maximum Gasteiger partial charge on any atom is 0.337 e. The van der Waals surface area contributed by atoms with Gasteiger partial charge >= 0.3 is 5.97 Å². The van der Waals surface area contributed by atoms with Crippen molar-refractivity contribution in [1.29, 1.82) is 0 Å². The smallest absolute Gasteiger partial charge is 0.337 e. The molecule has 2 rings (SSSR count). The van der Waals surface area contributed by atoms with E-state index in [1.807, 2.05) is 12.1 Å². The molecule has 0 atom stereocenters. The van der Waals surface area contributed by atoms with E-state index in [0.29, 0.717) is 5.56 Å². The molecule has 3 nitrogen and oxygen atoms in total. The third-order valence-corrected chi connectivity index (χ3v) is 4.76. The number of thiazole rings is 1. The van der Waals surface area contributed by atoms with Crippen LogP contribution in [0.4, 0.5) is 0 Å². The van der Waals surface area contributed by atoms with Gasteiger partial charge in [-0.1, -0.05) is 25.1 Å². The zero-order chi connectivity index (χ0) is 13.0. The van der Waals surface area contributed by atoms with Gasteiger partial charge in [-0.05, 0) is 24.6 Å². The van der Waals surface area contributed by atoms with Crippen LogP contribution >= 0.6 is 23.1 Å². The Kier molecular flexibility index (Phi) is 4.60. The summed E-state index contributed by atoms with van der Waals surface area (Å²) in [7, 11) is 1.39. The number of carbonyl (C=O) groups excluding carboxylic acids is 1. The quantitative estimate of drug-likeness (QED) is 0.472. The van der Waals surface area contributed by atoms with Crippen LogP contribution in [0.1, 0.15) is 30.1 Å². The molecule has 0 aliphatic rings. The van der Waals surface area contributed by atoms with E-state index < -0.39 is 0 Å². The number of rotatable bonds is 5. The van der Waals surface area contributed by atoms with E-state index in [-0.39, 0.29) is 5.97 Å². The molecule has 0 saturated heterocycles. The van der Waals surface area contributed by atoms with Crippen molar-refractivity contribution < 1.29 is 9.53 Å². The Morgan fingerprint density at radius 2 is 2.33 bits per heavy atom. The van der Waals surface area contributed by atoms with Gasteiger partial charge in [0.25, 0.3) is 0 Å². The van der Waals surface area contributed by atoms with Crippen LogP contribution in [0.25, 0.3) is 10.2 Å². The summed E-state index contributed by atoms with van der Waals surface area (Å²) in [4.78, 5) is 16.0. The topological polar surface area (TPSA) is 39.2 Å². The Hall–Kier alpha value is -1.07. The summed E-state index contributed by atoms with van der Waals surface area (Å²) >= 11 is 3.42. The number of carbonyl (C=O) groups is 1. The Morgan fingerprint density at radius 3 is 3.06 bits per heavy atom. The van der Waals surface area contributed by atoms with Crippen molar-refractivity contribution in [1.82, 2.24) is 4.98 Å². The Morgan fingerprint density at radius 1 is 1.50 bits per heavy atom. The molecule has 5 heteroatoms. The molecule has 0 saturated carbocycles. The van der Waals surface area contributed by atoms with E-state index in [0.717, 1.165) is 20.3 Å². The number of unbranched alkanes of at least 4 members (excludes halogenated alkanes) is 1. The zero-order valence-electron chi connectivity index (χ0n) is 10.4. The van der Waals surface area contributed by atoms with E-state index in [4.69, 9.17) is 4.74 Å². The lowest BCUT2D eigenvalue weighted by atomic mass is 10.2. The van der Waals surface area contributed by atoms with Crippen molar-refractivity contribution in [2.75, 3.05) is 12.9 Å². The van der Waals surface area contributed by atoms with E-state index in [1.54, 1.807) is 29.2 Å². The first-order valence-corrected chi connectivity index (χ1v) is 7.66. The molecule has 0 bridgehead atoms. The fraction of sp³-hybridized carbons (Fsp3) is 0.385. The molecular formula is C13H15NO2S2. The minimum absolute atomic E-state index is 0.300. The first kappa shape index (κ1) is 13.4. The molecule has 0 N–H and O–H groups in total. The lowest BCUT2D eigenvalue weighted by molar-refractivity contribution is 0.0601. The molecule has 0 aliphatic heterocycles. The van der Waals surface area contributed by atoms with Gasteiger partial charge in [-0.2, -0.15) is 0 Å². The van der Waals surface area contributed by atoms with Crippen molar-refractivity contribution in [3.8, 4) is 0 Å². The van der Waals surface area contributed by atoms with Gasteiger partial charge in [-0.25, -0.2) is 9.78 Å². The van der Waals surface area contributed by atoms with Crippen LogP contribution in [-0.4, -0.2) is 23.8 Å². The molecule has 0 unspecified atom stereocenters. The number of esters is 1. The summed E-state index contributed by atoms with van der Waals surface area (Å²) in [6.07, 6.45) is 2.40. The third-order valence-electron chi connectivity index (χ3n) is 2.51. The number of thioether (sulfide) groups is 1. The van der Waals surface area contributed by atoms with Gasteiger partial charge in [-0.15, -0.1) is 11.3 Å². The molecule has 0 fully saturated rings. The highest BCUT2D eigenvalue weighted by Crippen LogP contribution is 2.30. The number of methoxy groups -OCH3 is 1. The number of fused-ring (bicyclic) bond motifs is 1. The van der Waals surface area contributed by atoms with Crippen LogP contribution < -0.4 is 0 Å². The molecule has 1 heterocycles. The largest absolute Gasteiger partial charge is 0.465 e. The van der Waals surface area contributed by atoms with Gasteiger partial charge in [0.1, 0.15) is 0 Å². The summed E-state index contributed by atoms with van der Waals surface area (Å²) in [5.41, 5.74) is 1.53. The van der Waals surface area contributed by atoms with Crippen LogP contribution in [0.15, 0.2) is 22.5 Å². The molecule has 0 radical (unpaired) electrons. The van der Waals surface area contributed by atoms with E-state index in [1.165, 1.54) is 20.0 Å². The van der Waals surface area contributed by atoms with Crippen LogP contribution in [0.3, 0.4) is 0 Å². The molecule has 2 aromatic rings. The predicted octanol–water partition coefficient (Wildman–Crippen LogP) is 3.98. The summed E-state index contributed by atoms with van der Waals surface area (Å²) in [6, 6.07) is 5.49. The predicted molar refractivity (Wildman–Crippen MR) is 76.6 cm³/mol. The van der Waals surface area contributed by atoms with E-state index in [9.17, 15) is 4.79 Å². The van der Waals surface area contributed by atoms with Crippen molar-refractivity contribution in [3.05, 3.63) is 23.8 Å². The maximum absolute atomic E-state index is 11.4. The van der Waals surface area contributed by atoms with Crippen molar-refractivity contribution in [2.24, 2.45) is 0 Å². The van der Waals surface area contributed by atoms with Gasteiger partial charge in [0.2, 0.25) is 0 Å². The second-order valence-corrected chi connectivity index (χ2v) is 6.23. The first-order valence-electron chi connectivity index (χ1n) is 5.86. The van der Waals surface area contributed by atoms with Crippen LogP contribution in [0.5, 0.6) is 0 Å². The third kappa shape index (κ3) is 3.03. The van der Waals surface area contributed by atoms with Crippen LogP contribution in [0.2, 0.25) is 0 Å². The van der Waals surface area contributed by atoms with Gasteiger partial charge < -0.3 is 4.74 Å². The lowest BCUT2D eigenvalue weighted by Gasteiger charge is -1.97. The highest BCUT2D eigenvalue weighted by molar-refractivity contribution is 8.01. The zero-order valence-corrected chi connectivity index (χ0v) is 12.1. The Bertz CT molecular complexity index is 551. The molecule has 96 valence electrons. The maximum atomic E-state index is 11.4. The summed E-state index contributed by atoms with van der Waals surface area (Å²) < 4.78 is 6.82. The van der Waals surface area contributed by atoms with Crippen LogP contribution in [-0.2, 0) is 4.74 Å². The van der Waals surface area contributed by atoms with Gasteiger partial charge in [0.15, 0.2) is 4.34 Å². The molecule has 0 spiro atoms. The van der Waals surface area contributed by atoms with Crippen LogP contribution in [0, 0.1) is 0 Å². The summed E-state index contributed by atoms with van der Waals surface area (Å²) in [6.45, 7) is 2.18. The minimum atomic E-state index is -0.300. The molecular weight excluding hydrogens is 266 g/mol. The molecule has 18 heavy (non-hydrogen) atoms. The van der Waals surface area contributed by atoms with Crippen molar-refractivity contribution >= 4 is 39.3 Å². The molecule has 0 amide bonds. The number of hydrogen-bond donors (Lipinski definition) is 0. The molecule has 1 aromatic heterocycles.